The minimum absolute atomic E-state index is 0.496. The van der Waals surface area contributed by atoms with Gasteiger partial charge in [-0.15, -0.1) is 0 Å². The summed E-state index contributed by atoms with van der Waals surface area (Å²) in [5.74, 6) is 0.496. The highest BCUT2D eigenvalue weighted by Gasteiger charge is 1.97. The van der Waals surface area contributed by atoms with E-state index >= 15 is 0 Å². The number of hydrogen-bond donors (Lipinski definition) is 1. The number of hydrogen-bond acceptors (Lipinski definition) is 1. The fourth-order valence-electron chi connectivity index (χ4n) is 1.06. The topological polar surface area (TPSA) is 26.0 Å². The molecule has 0 spiro atoms. The van der Waals surface area contributed by atoms with Crippen molar-refractivity contribution in [3.05, 3.63) is 35.6 Å². The predicted octanol–water partition coefficient (Wildman–Crippen LogP) is 3.40. The lowest BCUT2D eigenvalue weighted by Gasteiger charge is -2.04. The van der Waals surface area contributed by atoms with Crippen LogP contribution in [-0.2, 0) is 0 Å². The van der Waals surface area contributed by atoms with E-state index in [1.54, 1.807) is 6.20 Å². The molecule has 0 saturated heterocycles. The van der Waals surface area contributed by atoms with Crippen LogP contribution in [0.3, 0.4) is 0 Å². The summed E-state index contributed by atoms with van der Waals surface area (Å²) in [6.45, 7) is 8.50. The fourth-order valence-corrected chi connectivity index (χ4v) is 1.06. The summed E-state index contributed by atoms with van der Waals surface area (Å²) in [7, 11) is 0. The average molecular weight is 179 g/mol. The van der Waals surface area contributed by atoms with Gasteiger partial charge in [-0.3, -0.25) is 0 Å². The minimum Gasteiger partial charge on any atom is -0.404 e. The van der Waals surface area contributed by atoms with Crippen LogP contribution in [0, 0.1) is 5.92 Å². The van der Waals surface area contributed by atoms with Gasteiger partial charge in [0.2, 0.25) is 0 Å². The predicted molar refractivity (Wildman–Crippen MR) is 60.3 cm³/mol. The van der Waals surface area contributed by atoms with Crippen LogP contribution in [0.1, 0.15) is 34.1 Å². The third kappa shape index (κ3) is 4.56. The van der Waals surface area contributed by atoms with E-state index in [4.69, 9.17) is 5.73 Å². The van der Waals surface area contributed by atoms with Crippen LogP contribution in [0.2, 0.25) is 0 Å². The molecule has 0 rings (SSSR count). The lowest BCUT2D eigenvalue weighted by molar-refractivity contribution is 0.788. The van der Waals surface area contributed by atoms with Crippen molar-refractivity contribution in [1.29, 1.82) is 0 Å². The van der Waals surface area contributed by atoms with E-state index in [1.165, 1.54) is 11.1 Å². The Balaban J connectivity index is 4.40. The molecular weight excluding hydrogens is 158 g/mol. The van der Waals surface area contributed by atoms with Crippen LogP contribution in [0.15, 0.2) is 35.6 Å². The Morgan fingerprint density at radius 2 is 1.92 bits per heavy atom. The zero-order chi connectivity index (χ0) is 10.3. The van der Waals surface area contributed by atoms with E-state index in [9.17, 15) is 0 Å². The van der Waals surface area contributed by atoms with Crippen LogP contribution in [0.4, 0.5) is 0 Å². The standard InChI is InChI=1S/C12H21N/c1-5-11(6-2)7-8-12(9-13)10(3)4/h5,7-10H,6,13H2,1-4H3/b8-7-,11-5-,12-9+. The summed E-state index contributed by atoms with van der Waals surface area (Å²) in [5, 5.41) is 0. The Hall–Kier alpha value is -0.980. The molecule has 2 N–H and O–H groups in total. The summed E-state index contributed by atoms with van der Waals surface area (Å²) in [5.41, 5.74) is 8.05. The molecule has 0 atom stereocenters. The first-order valence-corrected chi connectivity index (χ1v) is 4.90. The van der Waals surface area contributed by atoms with Gasteiger partial charge >= 0.3 is 0 Å². The number of nitrogens with two attached hydrogens (primary N) is 1. The maximum atomic E-state index is 5.51. The van der Waals surface area contributed by atoms with Crippen molar-refractivity contribution < 1.29 is 0 Å². The Morgan fingerprint density at radius 3 is 2.23 bits per heavy atom. The van der Waals surface area contributed by atoms with E-state index < -0.39 is 0 Å². The number of rotatable bonds is 4. The van der Waals surface area contributed by atoms with Gasteiger partial charge in [-0.25, -0.2) is 0 Å². The number of allylic oxidation sites excluding steroid dienone is 5. The molecule has 0 heterocycles. The van der Waals surface area contributed by atoms with Crippen molar-refractivity contribution in [2.24, 2.45) is 11.7 Å². The zero-order valence-corrected chi connectivity index (χ0v) is 9.17. The molecular formula is C12H21N. The molecule has 0 aliphatic carbocycles. The fraction of sp³-hybridized carbons (Fsp3) is 0.500. The third-order valence-electron chi connectivity index (χ3n) is 2.13. The van der Waals surface area contributed by atoms with Gasteiger partial charge in [0, 0.05) is 0 Å². The summed E-state index contributed by atoms with van der Waals surface area (Å²) in [4.78, 5) is 0. The molecule has 1 heteroatoms. The monoisotopic (exact) mass is 179 g/mol. The second-order valence-corrected chi connectivity index (χ2v) is 3.37. The van der Waals surface area contributed by atoms with E-state index in [1.807, 2.05) is 0 Å². The van der Waals surface area contributed by atoms with Crippen LogP contribution >= 0.6 is 0 Å². The Morgan fingerprint density at radius 1 is 1.31 bits per heavy atom. The van der Waals surface area contributed by atoms with Gasteiger partial charge in [0.25, 0.3) is 0 Å². The van der Waals surface area contributed by atoms with Crippen LogP contribution in [0.5, 0.6) is 0 Å². The molecule has 0 aromatic rings. The lowest BCUT2D eigenvalue weighted by atomic mass is 10.0. The molecule has 0 fully saturated rings. The first-order valence-electron chi connectivity index (χ1n) is 4.90. The van der Waals surface area contributed by atoms with Gasteiger partial charge in [-0.1, -0.05) is 44.6 Å². The quantitative estimate of drug-likeness (QED) is 0.658. The largest absolute Gasteiger partial charge is 0.404 e. The van der Waals surface area contributed by atoms with Crippen molar-refractivity contribution in [1.82, 2.24) is 0 Å². The van der Waals surface area contributed by atoms with Gasteiger partial charge < -0.3 is 5.73 Å². The minimum atomic E-state index is 0.496. The normalized spacial score (nSPS) is 14.5. The lowest BCUT2D eigenvalue weighted by Crippen LogP contribution is -1.94. The molecule has 0 saturated carbocycles. The van der Waals surface area contributed by atoms with Crippen molar-refractivity contribution in [2.45, 2.75) is 34.1 Å². The molecule has 13 heavy (non-hydrogen) atoms. The first-order chi connectivity index (χ1) is 6.15. The summed E-state index contributed by atoms with van der Waals surface area (Å²) < 4.78 is 0. The maximum Gasteiger partial charge on any atom is -0.00271 e. The van der Waals surface area contributed by atoms with E-state index in [0.717, 1.165) is 6.42 Å². The van der Waals surface area contributed by atoms with Crippen LogP contribution in [0.25, 0.3) is 0 Å². The van der Waals surface area contributed by atoms with E-state index in [-0.39, 0.29) is 0 Å². The third-order valence-corrected chi connectivity index (χ3v) is 2.13. The maximum absolute atomic E-state index is 5.51. The van der Waals surface area contributed by atoms with Crippen molar-refractivity contribution in [3.63, 3.8) is 0 Å². The SMILES string of the molecule is C\C=C(/C=C\C(=C/N)C(C)C)CC. The second kappa shape index (κ2) is 6.53. The highest BCUT2D eigenvalue weighted by atomic mass is 14.5. The molecule has 74 valence electrons. The smallest absolute Gasteiger partial charge is 0.00271 e. The second-order valence-electron chi connectivity index (χ2n) is 3.37. The Labute approximate surface area is 82.0 Å². The summed E-state index contributed by atoms with van der Waals surface area (Å²) in [6, 6.07) is 0. The van der Waals surface area contributed by atoms with E-state index in [0.29, 0.717) is 5.92 Å². The molecule has 0 aromatic heterocycles. The van der Waals surface area contributed by atoms with Crippen molar-refractivity contribution in [3.8, 4) is 0 Å². The zero-order valence-electron chi connectivity index (χ0n) is 9.17. The highest BCUT2D eigenvalue weighted by Crippen LogP contribution is 2.11. The average Bonchev–Trinajstić information content (AvgIpc) is 2.12. The molecule has 0 unspecified atom stereocenters. The molecule has 0 radical (unpaired) electrons. The summed E-state index contributed by atoms with van der Waals surface area (Å²) >= 11 is 0. The highest BCUT2D eigenvalue weighted by molar-refractivity contribution is 5.27. The van der Waals surface area contributed by atoms with Gasteiger partial charge in [0.1, 0.15) is 0 Å². The molecule has 0 amide bonds. The first kappa shape index (κ1) is 12.0. The molecule has 0 aromatic carbocycles. The van der Waals surface area contributed by atoms with Crippen LogP contribution in [-0.4, -0.2) is 0 Å². The van der Waals surface area contributed by atoms with Crippen molar-refractivity contribution in [2.75, 3.05) is 0 Å². The van der Waals surface area contributed by atoms with Gasteiger partial charge in [-0.05, 0) is 31.0 Å². The van der Waals surface area contributed by atoms with E-state index in [2.05, 4.69) is 45.9 Å². The van der Waals surface area contributed by atoms with Crippen molar-refractivity contribution >= 4 is 0 Å². The van der Waals surface area contributed by atoms with Gasteiger partial charge in [-0.2, -0.15) is 0 Å². The molecule has 1 nitrogen and oxygen atoms in total. The van der Waals surface area contributed by atoms with Gasteiger partial charge in [0.05, 0.1) is 0 Å². The van der Waals surface area contributed by atoms with Gasteiger partial charge in [0.15, 0.2) is 0 Å². The Bertz CT molecular complexity index is 219. The molecule has 0 aliphatic heterocycles. The van der Waals surface area contributed by atoms with Crippen LogP contribution < -0.4 is 5.73 Å². The Kier molecular flexibility index (Phi) is 6.03. The summed E-state index contributed by atoms with van der Waals surface area (Å²) in [6.07, 6.45) is 9.13. The molecule has 0 aliphatic rings. The molecule has 0 bridgehead atoms.